The van der Waals surface area contributed by atoms with Crippen molar-refractivity contribution in [3.63, 3.8) is 0 Å². The molecule has 0 saturated carbocycles. The first-order chi connectivity index (χ1) is 9.37. The first-order valence-electron chi connectivity index (χ1n) is 7.73. The molecule has 0 radical (unpaired) electrons. The molecule has 0 aliphatic carbocycles. The van der Waals surface area contributed by atoms with Crippen LogP contribution in [-0.4, -0.2) is 28.6 Å². The average molecular weight is 306 g/mol. The third-order valence-corrected chi connectivity index (χ3v) is 5.54. The lowest BCUT2D eigenvalue weighted by atomic mass is 10.2. The van der Waals surface area contributed by atoms with Crippen LogP contribution >= 0.6 is 0 Å². The number of rotatable bonds is 9. The molecule has 0 heterocycles. The molecule has 0 aliphatic heterocycles. The second-order valence-corrected chi connectivity index (χ2v) is 7.62. The van der Waals surface area contributed by atoms with E-state index >= 15 is 0 Å². The van der Waals surface area contributed by atoms with Crippen LogP contribution in [0.15, 0.2) is 11.8 Å². The van der Waals surface area contributed by atoms with Crippen molar-refractivity contribution >= 4 is 8.80 Å². The Balaban J connectivity index is 0. The third kappa shape index (κ3) is 12.7. The summed E-state index contributed by atoms with van der Waals surface area (Å²) in [5.41, 5.74) is 6.27. The number of allylic oxidation sites excluding steroid dienone is 2. The minimum Gasteiger partial charge on any atom is -0.403 e. The zero-order chi connectivity index (χ0) is 16.0. The van der Waals surface area contributed by atoms with E-state index in [4.69, 9.17) is 19.0 Å². The molecule has 0 aromatic heterocycles. The van der Waals surface area contributed by atoms with Crippen molar-refractivity contribution in [3.05, 3.63) is 11.8 Å². The predicted molar refractivity (Wildman–Crippen MR) is 88.5 cm³/mol. The van der Waals surface area contributed by atoms with Gasteiger partial charge in [0.2, 0.25) is 0 Å². The fourth-order valence-electron chi connectivity index (χ4n) is 1.83. The van der Waals surface area contributed by atoms with Crippen LogP contribution in [0.4, 0.5) is 0 Å². The molecule has 0 unspecified atom stereocenters. The first kappa shape index (κ1) is 21.9. The van der Waals surface area contributed by atoms with E-state index in [1.54, 1.807) is 0 Å². The fourth-order valence-corrected chi connectivity index (χ4v) is 4.45. The molecule has 20 heavy (non-hydrogen) atoms. The van der Waals surface area contributed by atoms with Crippen LogP contribution in [0.1, 0.15) is 54.9 Å². The molecule has 0 fully saturated rings. The van der Waals surface area contributed by atoms with Crippen LogP contribution in [0.3, 0.4) is 0 Å². The second kappa shape index (κ2) is 13.6. The zero-order valence-corrected chi connectivity index (χ0v) is 15.5. The van der Waals surface area contributed by atoms with Gasteiger partial charge in [0.15, 0.2) is 0 Å². The minimum absolute atomic E-state index is 0.588. The average Bonchev–Trinajstić information content (AvgIpc) is 2.29. The van der Waals surface area contributed by atoms with E-state index in [-0.39, 0.29) is 0 Å². The molecule has 0 atom stereocenters. The molecule has 0 bridgehead atoms. The van der Waals surface area contributed by atoms with Crippen LogP contribution in [0.25, 0.3) is 0 Å². The van der Waals surface area contributed by atoms with Crippen molar-refractivity contribution < 1.29 is 13.3 Å². The molecule has 0 aromatic carbocycles. The number of hydrogen-bond donors (Lipinski definition) is 1. The summed E-state index contributed by atoms with van der Waals surface area (Å²) in [6.07, 6.45) is 3.08. The van der Waals surface area contributed by atoms with Crippen molar-refractivity contribution in [2.24, 2.45) is 11.7 Å². The fraction of sp³-hybridized carbons (Fsp3) is 0.867. The maximum absolute atomic E-state index is 5.65. The Kier molecular flexibility index (Phi) is 14.9. The predicted octanol–water partition coefficient (Wildman–Crippen LogP) is 3.95. The molecule has 0 spiro atoms. The van der Waals surface area contributed by atoms with Crippen molar-refractivity contribution in [1.29, 1.82) is 0 Å². The van der Waals surface area contributed by atoms with Crippen molar-refractivity contribution in [2.75, 3.05) is 19.8 Å². The summed E-state index contributed by atoms with van der Waals surface area (Å²) >= 11 is 0. The monoisotopic (exact) mass is 305 g/mol. The van der Waals surface area contributed by atoms with Gasteiger partial charge in [-0.2, -0.15) is 0 Å². The lowest BCUT2D eigenvalue weighted by Gasteiger charge is -2.27. The van der Waals surface area contributed by atoms with Gasteiger partial charge in [-0.25, -0.2) is 0 Å². The highest BCUT2D eigenvalue weighted by molar-refractivity contribution is 6.60. The van der Waals surface area contributed by atoms with E-state index in [2.05, 4.69) is 20.8 Å². The van der Waals surface area contributed by atoms with E-state index in [0.29, 0.717) is 25.7 Å². The van der Waals surface area contributed by atoms with Gasteiger partial charge in [-0.05, 0) is 33.6 Å². The molecular weight excluding hydrogens is 270 g/mol. The Bertz CT molecular complexity index is 212. The standard InChI is InChI=1S/C9H22O3Si.C6H13N/c1-5-9-13(10-6-2,11-7-3)12-8-4;1-5(2)4-6(3)7/h5-9H2,1-4H3;4-5H,7H2,1-3H3. The summed E-state index contributed by atoms with van der Waals surface area (Å²) in [7, 11) is -2.30. The molecule has 0 rings (SSSR count). The molecule has 5 heteroatoms. The van der Waals surface area contributed by atoms with Crippen LogP contribution in [-0.2, 0) is 13.3 Å². The number of hydrogen-bond acceptors (Lipinski definition) is 4. The van der Waals surface area contributed by atoms with Gasteiger partial charge in [-0.3, -0.25) is 0 Å². The summed E-state index contributed by atoms with van der Waals surface area (Å²) in [4.78, 5) is 0. The second-order valence-electron chi connectivity index (χ2n) is 4.89. The van der Waals surface area contributed by atoms with Gasteiger partial charge in [0.1, 0.15) is 0 Å². The summed E-state index contributed by atoms with van der Waals surface area (Å²) in [6.45, 7) is 16.2. The first-order valence-corrected chi connectivity index (χ1v) is 9.66. The molecule has 0 amide bonds. The van der Waals surface area contributed by atoms with Gasteiger partial charge in [-0.15, -0.1) is 0 Å². The van der Waals surface area contributed by atoms with Gasteiger partial charge < -0.3 is 19.0 Å². The SMILES string of the molecule is CC(N)=CC(C)C.CCC[Si](OCC)(OCC)OCC. The molecule has 122 valence electrons. The molecule has 0 aliphatic rings. The van der Waals surface area contributed by atoms with Crippen molar-refractivity contribution in [3.8, 4) is 0 Å². The normalized spacial score (nSPS) is 12.3. The number of nitrogens with two attached hydrogens (primary N) is 1. The van der Waals surface area contributed by atoms with Crippen LogP contribution in [0.2, 0.25) is 6.04 Å². The van der Waals surface area contributed by atoms with Gasteiger partial charge >= 0.3 is 8.80 Å². The highest BCUT2D eigenvalue weighted by Gasteiger charge is 2.38. The topological polar surface area (TPSA) is 53.7 Å². The highest BCUT2D eigenvalue weighted by atomic mass is 28.4. The summed E-state index contributed by atoms with van der Waals surface area (Å²) in [5, 5.41) is 0. The van der Waals surface area contributed by atoms with Gasteiger partial charge in [0.05, 0.1) is 0 Å². The summed E-state index contributed by atoms with van der Waals surface area (Å²) in [5.74, 6) is 0.588. The third-order valence-electron chi connectivity index (χ3n) is 2.25. The summed E-state index contributed by atoms with van der Waals surface area (Å²) in [6, 6.07) is 0.919. The Morgan fingerprint density at radius 1 is 1.00 bits per heavy atom. The smallest absolute Gasteiger partial charge is 0.403 e. The maximum Gasteiger partial charge on any atom is 0.500 e. The quantitative estimate of drug-likeness (QED) is 0.655. The zero-order valence-electron chi connectivity index (χ0n) is 14.5. The van der Waals surface area contributed by atoms with Crippen LogP contribution in [0, 0.1) is 5.92 Å². The van der Waals surface area contributed by atoms with E-state index < -0.39 is 8.80 Å². The maximum atomic E-state index is 5.65. The molecule has 0 saturated heterocycles. The molecule has 2 N–H and O–H groups in total. The van der Waals surface area contributed by atoms with E-state index in [1.165, 1.54) is 0 Å². The molecular formula is C15H35NO3Si. The minimum atomic E-state index is -2.30. The molecule has 4 nitrogen and oxygen atoms in total. The van der Waals surface area contributed by atoms with Gasteiger partial charge in [0.25, 0.3) is 0 Å². The molecule has 0 aromatic rings. The lowest BCUT2D eigenvalue weighted by Crippen LogP contribution is -2.45. The Morgan fingerprint density at radius 2 is 1.40 bits per heavy atom. The Hall–Kier alpha value is -0.363. The van der Waals surface area contributed by atoms with E-state index in [9.17, 15) is 0 Å². The van der Waals surface area contributed by atoms with Crippen molar-refractivity contribution in [1.82, 2.24) is 0 Å². The summed E-state index contributed by atoms with van der Waals surface area (Å²) < 4.78 is 16.9. The highest BCUT2D eigenvalue weighted by Crippen LogP contribution is 2.17. The van der Waals surface area contributed by atoms with E-state index in [0.717, 1.165) is 18.2 Å². The largest absolute Gasteiger partial charge is 0.500 e. The van der Waals surface area contributed by atoms with Gasteiger partial charge in [0, 0.05) is 31.6 Å². The Morgan fingerprint density at radius 3 is 1.55 bits per heavy atom. The van der Waals surface area contributed by atoms with Gasteiger partial charge in [-0.1, -0.05) is 33.3 Å². The van der Waals surface area contributed by atoms with Crippen LogP contribution in [0.5, 0.6) is 0 Å². The Labute approximate surface area is 127 Å². The van der Waals surface area contributed by atoms with Crippen molar-refractivity contribution in [2.45, 2.75) is 60.9 Å². The lowest BCUT2D eigenvalue weighted by molar-refractivity contribution is 0.0712. The van der Waals surface area contributed by atoms with Crippen LogP contribution < -0.4 is 5.73 Å². The van der Waals surface area contributed by atoms with E-state index in [1.807, 2.05) is 33.8 Å².